The fourth-order valence-electron chi connectivity index (χ4n) is 5.51. The predicted octanol–water partition coefficient (Wildman–Crippen LogP) is 6.91. The SMILES string of the molecule is CC1(Nc2ncc(C(=O)Nc3cc(-c4cccs4)ccc3N)cn2)CCN(C(=O)N2CCC(O[Si](C)(C)C(C)(C)C)CC2)CC1. The van der Waals surface area contributed by atoms with Crippen molar-refractivity contribution in [3.05, 3.63) is 53.7 Å². The summed E-state index contributed by atoms with van der Waals surface area (Å²) in [5, 5.41) is 8.53. The second-order valence-corrected chi connectivity index (χ2v) is 19.8. The maximum Gasteiger partial charge on any atom is 0.320 e. The number of nitrogens with two attached hydrogens (primary N) is 1. The highest BCUT2D eigenvalue weighted by Crippen LogP contribution is 2.38. The molecule has 3 amide bonds. The fourth-order valence-corrected chi connectivity index (χ4v) is 7.66. The van der Waals surface area contributed by atoms with Crippen molar-refractivity contribution >= 4 is 48.9 Å². The molecule has 0 aliphatic carbocycles. The number of aromatic nitrogens is 2. The minimum atomic E-state index is -1.82. The molecule has 0 saturated carbocycles. The number of nitrogens with zero attached hydrogens (tertiary/aromatic N) is 4. The lowest BCUT2D eigenvalue weighted by Crippen LogP contribution is -2.55. The van der Waals surface area contributed by atoms with Crippen molar-refractivity contribution in [2.45, 2.75) is 83.2 Å². The van der Waals surface area contributed by atoms with Gasteiger partial charge in [-0.3, -0.25) is 4.79 Å². The third kappa shape index (κ3) is 7.85. The smallest absolute Gasteiger partial charge is 0.320 e. The maximum atomic E-state index is 13.3. The van der Waals surface area contributed by atoms with E-state index < -0.39 is 8.32 Å². The molecule has 0 bridgehead atoms. The molecule has 242 valence electrons. The highest BCUT2D eigenvalue weighted by Gasteiger charge is 2.40. The van der Waals surface area contributed by atoms with Crippen LogP contribution in [0.1, 0.15) is 63.7 Å². The number of nitrogens with one attached hydrogen (secondary N) is 2. The van der Waals surface area contributed by atoms with Crippen molar-refractivity contribution in [3.63, 3.8) is 0 Å². The van der Waals surface area contributed by atoms with Gasteiger partial charge in [-0.15, -0.1) is 11.3 Å². The van der Waals surface area contributed by atoms with Crippen LogP contribution in [-0.2, 0) is 4.43 Å². The highest BCUT2D eigenvalue weighted by atomic mass is 32.1. The molecular formula is C33H47N7O3SSi. The van der Waals surface area contributed by atoms with Crippen molar-refractivity contribution in [2.24, 2.45) is 0 Å². The summed E-state index contributed by atoms with van der Waals surface area (Å²) in [6.45, 7) is 16.3. The van der Waals surface area contributed by atoms with Crippen LogP contribution < -0.4 is 16.4 Å². The molecule has 0 radical (unpaired) electrons. The summed E-state index contributed by atoms with van der Waals surface area (Å²) in [6.07, 6.45) is 6.61. The Morgan fingerprint density at radius 3 is 2.29 bits per heavy atom. The van der Waals surface area contributed by atoms with Gasteiger partial charge in [0.25, 0.3) is 5.91 Å². The van der Waals surface area contributed by atoms with E-state index in [1.54, 1.807) is 17.4 Å². The first-order valence-electron chi connectivity index (χ1n) is 15.8. The molecule has 10 nitrogen and oxygen atoms in total. The minimum absolute atomic E-state index is 0.121. The van der Waals surface area contributed by atoms with Gasteiger partial charge in [0.1, 0.15) is 0 Å². The second kappa shape index (κ2) is 13.1. The van der Waals surface area contributed by atoms with E-state index in [0.29, 0.717) is 36.0 Å². The van der Waals surface area contributed by atoms with Crippen molar-refractivity contribution in [1.82, 2.24) is 19.8 Å². The number of anilines is 3. The molecular weight excluding hydrogens is 603 g/mol. The molecule has 4 heterocycles. The van der Waals surface area contributed by atoms with Gasteiger partial charge in [-0.2, -0.15) is 0 Å². The van der Waals surface area contributed by atoms with E-state index in [1.807, 2.05) is 39.4 Å². The van der Waals surface area contributed by atoms with E-state index in [-0.39, 0.29) is 28.6 Å². The standard InChI is InChI=1S/C33H47N7O3SSi/c1-32(2,3)45(5,6)43-25-11-15-39(16-12-25)31(42)40-17-13-33(4,14-18-40)38-30-35-21-24(22-36-30)29(41)37-27-20-23(9-10-26(27)34)28-8-7-19-44-28/h7-10,19-22,25H,11-18,34H2,1-6H3,(H,37,41)(H,35,36,38). The Bertz CT molecular complexity index is 1470. The van der Waals surface area contributed by atoms with E-state index in [4.69, 9.17) is 10.2 Å². The van der Waals surface area contributed by atoms with E-state index in [1.165, 1.54) is 12.4 Å². The summed E-state index contributed by atoms with van der Waals surface area (Å²) >= 11 is 1.63. The molecule has 2 aliphatic heterocycles. The van der Waals surface area contributed by atoms with Gasteiger partial charge >= 0.3 is 6.03 Å². The first kappa shape index (κ1) is 32.9. The summed E-state index contributed by atoms with van der Waals surface area (Å²) < 4.78 is 6.61. The number of likely N-dealkylation sites (tertiary alicyclic amines) is 2. The van der Waals surface area contributed by atoms with Crippen LogP contribution in [0.2, 0.25) is 18.1 Å². The first-order valence-corrected chi connectivity index (χ1v) is 19.6. The molecule has 5 rings (SSSR count). The Labute approximate surface area is 271 Å². The van der Waals surface area contributed by atoms with Crippen LogP contribution in [0.25, 0.3) is 10.4 Å². The van der Waals surface area contributed by atoms with Crippen molar-refractivity contribution < 1.29 is 14.0 Å². The van der Waals surface area contributed by atoms with Gasteiger partial charge in [0, 0.05) is 55.1 Å². The summed E-state index contributed by atoms with van der Waals surface area (Å²) in [6, 6.07) is 9.75. The molecule has 45 heavy (non-hydrogen) atoms. The molecule has 2 saturated heterocycles. The summed E-state index contributed by atoms with van der Waals surface area (Å²) in [5.41, 5.74) is 8.24. The number of thiophene rings is 1. The average Bonchev–Trinajstić information content (AvgIpc) is 3.53. The number of benzene rings is 1. The molecule has 0 spiro atoms. The quantitative estimate of drug-likeness (QED) is 0.188. The molecule has 1 aromatic carbocycles. The number of rotatable bonds is 7. The second-order valence-electron chi connectivity index (χ2n) is 14.0. The number of carbonyl (C=O) groups excluding carboxylic acids is 2. The molecule has 4 N–H and O–H groups in total. The molecule has 0 atom stereocenters. The van der Waals surface area contributed by atoms with Gasteiger partial charge in [0.2, 0.25) is 5.95 Å². The van der Waals surface area contributed by atoms with Crippen LogP contribution in [-0.4, -0.2) is 77.8 Å². The summed E-state index contributed by atoms with van der Waals surface area (Å²) in [5.74, 6) is 0.127. The lowest BCUT2D eigenvalue weighted by molar-refractivity contribution is 0.0807. The van der Waals surface area contributed by atoms with Gasteiger partial charge in [-0.1, -0.05) is 32.9 Å². The zero-order chi connectivity index (χ0) is 32.4. The lowest BCUT2D eigenvalue weighted by Gasteiger charge is -2.44. The zero-order valence-corrected chi connectivity index (χ0v) is 29.2. The van der Waals surface area contributed by atoms with E-state index in [0.717, 1.165) is 49.2 Å². The monoisotopic (exact) mass is 649 g/mol. The largest absolute Gasteiger partial charge is 0.414 e. The van der Waals surface area contributed by atoms with Crippen molar-refractivity contribution in [3.8, 4) is 10.4 Å². The summed E-state index contributed by atoms with van der Waals surface area (Å²) in [7, 11) is -1.82. The normalized spacial score (nSPS) is 17.6. The number of piperidine rings is 2. The number of nitrogen functional groups attached to an aromatic ring is 1. The van der Waals surface area contributed by atoms with Crippen LogP contribution in [0.15, 0.2) is 48.1 Å². The van der Waals surface area contributed by atoms with Crippen LogP contribution in [0.3, 0.4) is 0 Å². The Hall–Kier alpha value is -3.48. The predicted molar refractivity (Wildman–Crippen MR) is 185 cm³/mol. The van der Waals surface area contributed by atoms with Crippen molar-refractivity contribution in [1.29, 1.82) is 0 Å². The molecule has 12 heteroatoms. The molecule has 3 aromatic rings. The molecule has 2 aliphatic rings. The van der Waals surface area contributed by atoms with Crippen LogP contribution in [0.4, 0.5) is 22.1 Å². The third-order valence-corrected chi connectivity index (χ3v) is 15.0. The van der Waals surface area contributed by atoms with Crippen LogP contribution >= 0.6 is 11.3 Å². The van der Waals surface area contributed by atoms with E-state index in [9.17, 15) is 9.59 Å². The minimum Gasteiger partial charge on any atom is -0.414 e. The average molecular weight is 650 g/mol. The number of amides is 3. The lowest BCUT2D eigenvalue weighted by atomic mass is 9.90. The topological polar surface area (TPSA) is 126 Å². The van der Waals surface area contributed by atoms with Crippen molar-refractivity contribution in [2.75, 3.05) is 42.5 Å². The van der Waals surface area contributed by atoms with Gasteiger partial charge in [0.15, 0.2) is 8.32 Å². The van der Waals surface area contributed by atoms with E-state index in [2.05, 4.69) is 61.4 Å². The summed E-state index contributed by atoms with van der Waals surface area (Å²) in [4.78, 5) is 40.2. The zero-order valence-electron chi connectivity index (χ0n) is 27.4. The fraction of sp³-hybridized carbons (Fsp3) is 0.515. The van der Waals surface area contributed by atoms with Crippen LogP contribution in [0.5, 0.6) is 0 Å². The number of hydrogen-bond donors (Lipinski definition) is 3. The molecule has 2 fully saturated rings. The highest BCUT2D eigenvalue weighted by molar-refractivity contribution is 7.13. The van der Waals surface area contributed by atoms with Gasteiger partial charge in [0.05, 0.1) is 16.9 Å². The van der Waals surface area contributed by atoms with Gasteiger partial charge < -0.3 is 30.6 Å². The molecule has 0 unspecified atom stereocenters. The maximum absolute atomic E-state index is 13.3. The number of carbonyl (C=O) groups is 2. The van der Waals surface area contributed by atoms with Gasteiger partial charge in [-0.25, -0.2) is 14.8 Å². The Balaban J connectivity index is 1.10. The van der Waals surface area contributed by atoms with E-state index >= 15 is 0 Å². The van der Waals surface area contributed by atoms with Crippen LogP contribution in [0, 0.1) is 0 Å². The Morgan fingerprint density at radius 1 is 1.04 bits per heavy atom. The first-order chi connectivity index (χ1) is 21.2. The van der Waals surface area contributed by atoms with Gasteiger partial charge in [-0.05, 0) is 79.9 Å². The molecule has 2 aromatic heterocycles. The Morgan fingerprint density at radius 2 is 1.69 bits per heavy atom. The third-order valence-electron chi connectivity index (χ3n) is 9.55. The Kier molecular flexibility index (Phi) is 9.57. The number of hydrogen-bond acceptors (Lipinski definition) is 8. The number of urea groups is 1.